The molecule has 0 bridgehead atoms. The van der Waals surface area contributed by atoms with Crippen LogP contribution in [0.3, 0.4) is 0 Å². The molecule has 1 spiro atoms. The number of rotatable bonds is 0. The second kappa shape index (κ2) is 2.46. The van der Waals surface area contributed by atoms with Crippen LogP contribution in [0.2, 0.25) is 0 Å². The van der Waals surface area contributed by atoms with Gasteiger partial charge in [-0.05, 0) is 23.0 Å². The highest BCUT2D eigenvalue weighted by molar-refractivity contribution is 7.99. The Kier molecular flexibility index (Phi) is 1.86. The van der Waals surface area contributed by atoms with Gasteiger partial charge in [0.1, 0.15) is 0 Å². The van der Waals surface area contributed by atoms with Crippen molar-refractivity contribution in [1.82, 2.24) is 0 Å². The van der Waals surface area contributed by atoms with Crippen LogP contribution < -0.4 is 5.73 Å². The van der Waals surface area contributed by atoms with E-state index < -0.39 is 0 Å². The van der Waals surface area contributed by atoms with E-state index in [1.165, 1.54) is 17.9 Å². The van der Waals surface area contributed by atoms with Gasteiger partial charge in [0.2, 0.25) is 0 Å². The molecular formula is C11H21NS. The molecular weight excluding hydrogens is 178 g/mol. The molecule has 2 aliphatic rings. The van der Waals surface area contributed by atoms with Crippen LogP contribution in [0.5, 0.6) is 0 Å². The third-order valence-corrected chi connectivity index (χ3v) is 5.94. The summed E-state index contributed by atoms with van der Waals surface area (Å²) in [6.07, 6.45) is 1.33. The molecule has 1 nitrogen and oxygen atoms in total. The fourth-order valence-corrected chi connectivity index (χ4v) is 5.51. The third-order valence-electron chi connectivity index (χ3n) is 4.78. The molecule has 2 rings (SSSR count). The zero-order valence-corrected chi connectivity index (χ0v) is 10.0. The first kappa shape index (κ1) is 9.85. The third kappa shape index (κ3) is 0.940. The molecule has 2 fully saturated rings. The van der Waals surface area contributed by atoms with E-state index >= 15 is 0 Å². The van der Waals surface area contributed by atoms with Crippen molar-refractivity contribution in [2.75, 3.05) is 11.5 Å². The molecule has 1 saturated carbocycles. The van der Waals surface area contributed by atoms with Crippen molar-refractivity contribution in [3.05, 3.63) is 0 Å². The lowest BCUT2D eigenvalue weighted by atomic mass is 9.70. The molecule has 0 aromatic heterocycles. The van der Waals surface area contributed by atoms with Crippen molar-refractivity contribution >= 4 is 11.8 Å². The van der Waals surface area contributed by atoms with E-state index in [0.29, 0.717) is 22.3 Å². The molecule has 1 aliphatic carbocycles. The van der Waals surface area contributed by atoms with Crippen LogP contribution in [0.15, 0.2) is 0 Å². The molecule has 1 aliphatic heterocycles. The summed E-state index contributed by atoms with van der Waals surface area (Å²) in [5, 5.41) is 0. The summed E-state index contributed by atoms with van der Waals surface area (Å²) >= 11 is 2.09. The van der Waals surface area contributed by atoms with Gasteiger partial charge in [-0.2, -0.15) is 11.8 Å². The van der Waals surface area contributed by atoms with Crippen LogP contribution in [-0.2, 0) is 0 Å². The molecule has 2 N–H and O–H groups in total. The summed E-state index contributed by atoms with van der Waals surface area (Å²) in [7, 11) is 0. The first-order valence-corrected chi connectivity index (χ1v) is 6.35. The first-order chi connectivity index (χ1) is 5.86. The average molecular weight is 199 g/mol. The zero-order valence-electron chi connectivity index (χ0n) is 9.18. The Morgan fingerprint density at radius 1 is 1.23 bits per heavy atom. The van der Waals surface area contributed by atoms with E-state index in [4.69, 9.17) is 5.73 Å². The zero-order chi connectivity index (χ0) is 9.91. The second-order valence-electron chi connectivity index (χ2n) is 5.86. The van der Waals surface area contributed by atoms with Crippen molar-refractivity contribution < 1.29 is 0 Å². The highest BCUT2D eigenvalue weighted by Crippen LogP contribution is 2.73. The molecule has 13 heavy (non-hydrogen) atoms. The van der Waals surface area contributed by atoms with E-state index in [-0.39, 0.29) is 0 Å². The minimum atomic E-state index is 0.365. The highest BCUT2D eigenvalue weighted by Gasteiger charge is 2.75. The average Bonchev–Trinajstić information content (AvgIpc) is 2.42. The maximum atomic E-state index is 6.27. The lowest BCUT2D eigenvalue weighted by Gasteiger charge is -2.41. The van der Waals surface area contributed by atoms with Crippen LogP contribution in [0.1, 0.15) is 34.1 Å². The first-order valence-electron chi connectivity index (χ1n) is 5.20. The summed E-state index contributed by atoms with van der Waals surface area (Å²) in [5.74, 6) is 2.59. The van der Waals surface area contributed by atoms with E-state index in [9.17, 15) is 0 Å². The summed E-state index contributed by atoms with van der Waals surface area (Å²) in [6.45, 7) is 9.49. The Morgan fingerprint density at radius 2 is 1.77 bits per heavy atom. The molecule has 2 atom stereocenters. The van der Waals surface area contributed by atoms with Gasteiger partial charge in [0.15, 0.2) is 0 Å². The number of thioether (sulfide) groups is 1. The molecule has 0 aromatic rings. The molecule has 0 radical (unpaired) electrons. The van der Waals surface area contributed by atoms with Crippen LogP contribution in [-0.4, -0.2) is 17.5 Å². The largest absolute Gasteiger partial charge is 0.327 e. The molecule has 1 saturated heterocycles. The summed E-state index contributed by atoms with van der Waals surface area (Å²) in [6, 6.07) is 0.419. The van der Waals surface area contributed by atoms with Crippen molar-refractivity contribution in [1.29, 1.82) is 0 Å². The van der Waals surface area contributed by atoms with E-state index in [1.807, 2.05) is 0 Å². The molecule has 0 aromatic carbocycles. The minimum Gasteiger partial charge on any atom is -0.327 e. The van der Waals surface area contributed by atoms with Crippen LogP contribution in [0, 0.1) is 16.2 Å². The molecule has 2 unspecified atom stereocenters. The standard InChI is InChI=1S/C11H21NS/c1-9(2)5-6-13-7-11(9)8(12)10(11,3)4/h8H,5-7,12H2,1-4H3. The van der Waals surface area contributed by atoms with E-state index in [1.54, 1.807) is 0 Å². The lowest BCUT2D eigenvalue weighted by Crippen LogP contribution is -2.38. The molecule has 1 heterocycles. The second-order valence-corrected chi connectivity index (χ2v) is 6.96. The highest BCUT2D eigenvalue weighted by atomic mass is 32.2. The van der Waals surface area contributed by atoms with Gasteiger partial charge in [0.05, 0.1) is 0 Å². The fraction of sp³-hybridized carbons (Fsp3) is 1.00. The minimum absolute atomic E-state index is 0.365. The van der Waals surface area contributed by atoms with Crippen molar-refractivity contribution in [2.24, 2.45) is 22.0 Å². The van der Waals surface area contributed by atoms with Crippen molar-refractivity contribution in [3.63, 3.8) is 0 Å². The molecule has 2 heteroatoms. The summed E-state index contributed by atoms with van der Waals surface area (Å²) < 4.78 is 0. The van der Waals surface area contributed by atoms with Gasteiger partial charge in [-0.15, -0.1) is 0 Å². The topological polar surface area (TPSA) is 26.0 Å². The summed E-state index contributed by atoms with van der Waals surface area (Å²) in [4.78, 5) is 0. The number of hydrogen-bond donors (Lipinski definition) is 1. The number of hydrogen-bond acceptors (Lipinski definition) is 2. The van der Waals surface area contributed by atoms with Crippen LogP contribution >= 0.6 is 11.8 Å². The smallest absolute Gasteiger partial charge is 0.0172 e. The van der Waals surface area contributed by atoms with Gasteiger partial charge in [0.25, 0.3) is 0 Å². The van der Waals surface area contributed by atoms with E-state index in [0.717, 1.165) is 0 Å². The SMILES string of the molecule is CC1(C)CCSCC12C(N)C2(C)C. The maximum Gasteiger partial charge on any atom is 0.0172 e. The lowest BCUT2D eigenvalue weighted by molar-refractivity contribution is 0.152. The Morgan fingerprint density at radius 3 is 2.08 bits per heavy atom. The van der Waals surface area contributed by atoms with Crippen molar-refractivity contribution in [3.8, 4) is 0 Å². The molecule has 76 valence electrons. The maximum absolute atomic E-state index is 6.27. The Labute approximate surface area is 85.8 Å². The van der Waals surface area contributed by atoms with Gasteiger partial charge >= 0.3 is 0 Å². The predicted molar refractivity (Wildman–Crippen MR) is 59.9 cm³/mol. The number of nitrogens with two attached hydrogens (primary N) is 1. The summed E-state index contributed by atoms with van der Waals surface area (Å²) in [5.41, 5.74) is 7.50. The van der Waals surface area contributed by atoms with E-state index in [2.05, 4.69) is 39.5 Å². The van der Waals surface area contributed by atoms with Gasteiger partial charge in [-0.1, -0.05) is 27.7 Å². The van der Waals surface area contributed by atoms with Crippen LogP contribution in [0.4, 0.5) is 0 Å². The van der Waals surface area contributed by atoms with Crippen molar-refractivity contribution in [2.45, 2.75) is 40.2 Å². The van der Waals surface area contributed by atoms with Crippen LogP contribution in [0.25, 0.3) is 0 Å². The Hall–Kier alpha value is 0.310. The van der Waals surface area contributed by atoms with Gasteiger partial charge in [-0.25, -0.2) is 0 Å². The van der Waals surface area contributed by atoms with Gasteiger partial charge < -0.3 is 5.73 Å². The monoisotopic (exact) mass is 199 g/mol. The Bertz CT molecular complexity index is 234. The normalized spacial score (nSPS) is 46.4. The van der Waals surface area contributed by atoms with Gasteiger partial charge in [0, 0.05) is 17.2 Å². The van der Waals surface area contributed by atoms with Gasteiger partial charge in [-0.3, -0.25) is 0 Å². The molecule has 0 amide bonds. The predicted octanol–water partition coefficient (Wildman–Crippen LogP) is 2.50. The Balaban J connectivity index is 2.32. The fourth-order valence-electron chi connectivity index (χ4n) is 3.44. The quantitative estimate of drug-likeness (QED) is 0.649.